The van der Waals surface area contributed by atoms with E-state index < -0.39 is 35.0 Å². The van der Waals surface area contributed by atoms with Gasteiger partial charge in [0.1, 0.15) is 5.60 Å². The van der Waals surface area contributed by atoms with E-state index in [9.17, 15) is 14.4 Å². The molecule has 7 heteroatoms. The number of hydrogen-bond donors (Lipinski definition) is 2. The molecular formula is C16H21N3O4. The Bertz CT molecular complexity index is 624. The van der Waals surface area contributed by atoms with E-state index in [0.29, 0.717) is 5.69 Å². The summed E-state index contributed by atoms with van der Waals surface area (Å²) in [6.45, 7) is 6.99. The predicted octanol–water partition coefficient (Wildman–Crippen LogP) is 1.48. The standard InChI is InChI=1S/C16H21N3O4/c1-10(12(20)23-15(2,3)4)9-16(11-7-5-6-8-17-11)13(21)18-14(22)19-16/h5-8,10H,9H2,1-4H3,(H2,18,19,21,22). The van der Waals surface area contributed by atoms with Crippen molar-refractivity contribution in [1.29, 1.82) is 0 Å². The minimum Gasteiger partial charge on any atom is -0.460 e. The SMILES string of the molecule is CC(CC1(c2ccccn2)NC(=O)NC1=O)C(=O)OC(C)(C)C. The van der Waals surface area contributed by atoms with Gasteiger partial charge in [-0.05, 0) is 39.3 Å². The average Bonchev–Trinajstić information content (AvgIpc) is 2.73. The van der Waals surface area contributed by atoms with E-state index in [1.165, 1.54) is 6.20 Å². The summed E-state index contributed by atoms with van der Waals surface area (Å²) in [5.74, 6) is -1.54. The van der Waals surface area contributed by atoms with Crippen molar-refractivity contribution in [1.82, 2.24) is 15.6 Å². The van der Waals surface area contributed by atoms with Gasteiger partial charge in [0.05, 0.1) is 11.6 Å². The molecule has 0 bridgehead atoms. The van der Waals surface area contributed by atoms with E-state index in [0.717, 1.165) is 0 Å². The zero-order valence-corrected chi connectivity index (χ0v) is 13.7. The lowest BCUT2D eigenvalue weighted by Crippen LogP contribution is -2.47. The summed E-state index contributed by atoms with van der Waals surface area (Å²) < 4.78 is 5.35. The van der Waals surface area contributed by atoms with Crippen LogP contribution in [0.1, 0.15) is 39.8 Å². The Balaban J connectivity index is 2.28. The van der Waals surface area contributed by atoms with Crippen LogP contribution in [0.25, 0.3) is 0 Å². The second kappa shape index (κ2) is 5.98. The quantitative estimate of drug-likeness (QED) is 0.647. The van der Waals surface area contributed by atoms with Crippen molar-refractivity contribution >= 4 is 17.9 Å². The fourth-order valence-corrected chi connectivity index (χ4v) is 2.48. The van der Waals surface area contributed by atoms with Crippen LogP contribution < -0.4 is 10.6 Å². The van der Waals surface area contributed by atoms with Crippen LogP contribution in [0.3, 0.4) is 0 Å². The van der Waals surface area contributed by atoms with Crippen molar-refractivity contribution in [2.24, 2.45) is 5.92 Å². The molecule has 0 aliphatic carbocycles. The topological polar surface area (TPSA) is 97.4 Å². The molecule has 0 aromatic carbocycles. The normalized spacial score (nSPS) is 22.3. The molecule has 1 aliphatic heterocycles. The van der Waals surface area contributed by atoms with Gasteiger partial charge in [0, 0.05) is 6.20 Å². The molecule has 2 heterocycles. The number of hydrogen-bond acceptors (Lipinski definition) is 5. The van der Waals surface area contributed by atoms with Gasteiger partial charge in [0.2, 0.25) is 0 Å². The average molecular weight is 319 g/mol. The molecule has 2 rings (SSSR count). The minimum atomic E-state index is -1.37. The third-order valence-corrected chi connectivity index (χ3v) is 3.47. The molecule has 1 aromatic heterocycles. The molecule has 2 unspecified atom stereocenters. The molecule has 0 saturated carbocycles. The smallest absolute Gasteiger partial charge is 0.322 e. The van der Waals surface area contributed by atoms with Crippen LogP contribution in [-0.2, 0) is 19.9 Å². The Morgan fingerprint density at radius 2 is 2.04 bits per heavy atom. The summed E-state index contributed by atoms with van der Waals surface area (Å²) in [5, 5.41) is 4.83. The van der Waals surface area contributed by atoms with Crippen LogP contribution in [-0.4, -0.2) is 28.5 Å². The van der Waals surface area contributed by atoms with Gasteiger partial charge in [-0.25, -0.2) is 4.79 Å². The van der Waals surface area contributed by atoms with Gasteiger partial charge < -0.3 is 10.1 Å². The van der Waals surface area contributed by atoms with Crippen molar-refractivity contribution < 1.29 is 19.1 Å². The van der Waals surface area contributed by atoms with E-state index in [1.807, 2.05) is 0 Å². The van der Waals surface area contributed by atoms with Crippen molar-refractivity contribution in [3.63, 3.8) is 0 Å². The highest BCUT2D eigenvalue weighted by atomic mass is 16.6. The lowest BCUT2D eigenvalue weighted by molar-refractivity contribution is -0.160. The van der Waals surface area contributed by atoms with E-state index >= 15 is 0 Å². The molecule has 124 valence electrons. The zero-order chi connectivity index (χ0) is 17.3. The third-order valence-electron chi connectivity index (χ3n) is 3.47. The molecule has 2 atom stereocenters. The van der Waals surface area contributed by atoms with Crippen LogP contribution in [0.15, 0.2) is 24.4 Å². The molecule has 2 N–H and O–H groups in total. The van der Waals surface area contributed by atoms with Crippen LogP contribution in [0, 0.1) is 5.92 Å². The summed E-state index contributed by atoms with van der Waals surface area (Å²) >= 11 is 0. The summed E-state index contributed by atoms with van der Waals surface area (Å²) in [6.07, 6.45) is 1.60. The summed E-state index contributed by atoms with van der Waals surface area (Å²) in [6, 6.07) is 4.48. The Labute approximate surface area is 134 Å². The third kappa shape index (κ3) is 3.67. The van der Waals surface area contributed by atoms with Crippen LogP contribution in [0.5, 0.6) is 0 Å². The molecule has 3 amide bonds. The van der Waals surface area contributed by atoms with Crippen molar-refractivity contribution in [3.8, 4) is 0 Å². The molecule has 1 aromatic rings. The summed E-state index contributed by atoms with van der Waals surface area (Å²) in [7, 11) is 0. The molecule has 0 radical (unpaired) electrons. The van der Waals surface area contributed by atoms with E-state index in [4.69, 9.17) is 4.74 Å². The maximum Gasteiger partial charge on any atom is 0.322 e. The van der Waals surface area contributed by atoms with E-state index in [1.54, 1.807) is 45.9 Å². The zero-order valence-electron chi connectivity index (χ0n) is 13.7. The van der Waals surface area contributed by atoms with Gasteiger partial charge in [0.25, 0.3) is 5.91 Å². The number of esters is 1. The first-order valence-corrected chi connectivity index (χ1v) is 7.42. The van der Waals surface area contributed by atoms with Gasteiger partial charge in [0.15, 0.2) is 5.54 Å². The fourth-order valence-electron chi connectivity index (χ4n) is 2.48. The molecular weight excluding hydrogens is 298 g/mol. The summed E-state index contributed by atoms with van der Waals surface area (Å²) in [4.78, 5) is 40.4. The molecule has 7 nitrogen and oxygen atoms in total. The van der Waals surface area contributed by atoms with Crippen LogP contribution in [0.4, 0.5) is 4.79 Å². The maximum absolute atomic E-state index is 12.4. The van der Waals surface area contributed by atoms with E-state index in [-0.39, 0.29) is 6.42 Å². The number of nitrogens with one attached hydrogen (secondary N) is 2. The monoisotopic (exact) mass is 319 g/mol. The molecule has 23 heavy (non-hydrogen) atoms. The van der Waals surface area contributed by atoms with Crippen LogP contribution >= 0.6 is 0 Å². The van der Waals surface area contributed by atoms with Crippen LogP contribution in [0.2, 0.25) is 0 Å². The number of ether oxygens (including phenoxy) is 1. The molecule has 1 saturated heterocycles. The Hall–Kier alpha value is -2.44. The van der Waals surface area contributed by atoms with Gasteiger partial charge in [-0.15, -0.1) is 0 Å². The van der Waals surface area contributed by atoms with Gasteiger partial charge in [-0.3, -0.25) is 19.9 Å². The number of imide groups is 1. The first kappa shape index (κ1) is 16.9. The number of aromatic nitrogens is 1. The number of carbonyl (C=O) groups excluding carboxylic acids is 3. The number of pyridine rings is 1. The Morgan fingerprint density at radius 3 is 2.52 bits per heavy atom. The van der Waals surface area contributed by atoms with Crippen molar-refractivity contribution in [3.05, 3.63) is 30.1 Å². The van der Waals surface area contributed by atoms with Gasteiger partial charge in [-0.1, -0.05) is 13.0 Å². The second-order valence-corrected chi connectivity index (χ2v) is 6.67. The number of carbonyl (C=O) groups is 3. The van der Waals surface area contributed by atoms with Crippen molar-refractivity contribution in [2.45, 2.75) is 45.3 Å². The number of urea groups is 1. The fraction of sp³-hybridized carbons (Fsp3) is 0.500. The van der Waals surface area contributed by atoms with Gasteiger partial charge in [-0.2, -0.15) is 0 Å². The van der Waals surface area contributed by atoms with Gasteiger partial charge >= 0.3 is 12.0 Å². The Kier molecular flexibility index (Phi) is 4.40. The largest absolute Gasteiger partial charge is 0.460 e. The minimum absolute atomic E-state index is 0.0660. The lowest BCUT2D eigenvalue weighted by atomic mass is 9.84. The molecule has 1 fully saturated rings. The lowest BCUT2D eigenvalue weighted by Gasteiger charge is -2.29. The first-order chi connectivity index (χ1) is 10.6. The molecule has 1 aliphatic rings. The Morgan fingerprint density at radius 1 is 1.35 bits per heavy atom. The highest BCUT2D eigenvalue weighted by Crippen LogP contribution is 2.31. The summed E-state index contributed by atoms with van der Waals surface area (Å²) in [5.41, 5.74) is -1.60. The highest BCUT2D eigenvalue weighted by molar-refractivity contribution is 6.07. The number of rotatable bonds is 4. The maximum atomic E-state index is 12.4. The first-order valence-electron chi connectivity index (χ1n) is 7.42. The number of amides is 3. The molecule has 0 spiro atoms. The second-order valence-electron chi connectivity index (χ2n) is 6.67. The van der Waals surface area contributed by atoms with Crippen molar-refractivity contribution in [2.75, 3.05) is 0 Å². The highest BCUT2D eigenvalue weighted by Gasteiger charge is 2.50. The number of nitrogens with zero attached hydrogens (tertiary/aromatic N) is 1. The van der Waals surface area contributed by atoms with E-state index in [2.05, 4.69) is 15.6 Å². The predicted molar refractivity (Wildman–Crippen MR) is 82.2 cm³/mol.